The Morgan fingerprint density at radius 1 is 1.26 bits per heavy atom. The van der Waals surface area contributed by atoms with Gasteiger partial charge in [0.25, 0.3) is 5.69 Å². The second-order valence-electron chi connectivity index (χ2n) is 7.42. The van der Waals surface area contributed by atoms with Gasteiger partial charge in [-0.2, -0.15) is 0 Å². The minimum absolute atomic E-state index is 0.119. The molecule has 1 atom stereocenters. The first-order valence-electron chi connectivity index (χ1n) is 8.65. The summed E-state index contributed by atoms with van der Waals surface area (Å²) in [6.07, 6.45) is -0.399. The Balaban J connectivity index is 2.21. The van der Waals surface area contributed by atoms with Crippen molar-refractivity contribution in [3.8, 4) is 0 Å². The van der Waals surface area contributed by atoms with E-state index >= 15 is 0 Å². The number of methoxy groups -OCH3 is 1. The highest BCUT2D eigenvalue weighted by Gasteiger charge is 2.33. The van der Waals surface area contributed by atoms with Gasteiger partial charge in [-0.15, -0.1) is 0 Å². The summed E-state index contributed by atoms with van der Waals surface area (Å²) in [4.78, 5) is 38.4. The van der Waals surface area contributed by atoms with Gasteiger partial charge in [0.05, 0.1) is 17.6 Å². The number of anilines is 1. The second-order valence-corrected chi connectivity index (χ2v) is 7.42. The molecular weight excluding hydrogens is 354 g/mol. The van der Waals surface area contributed by atoms with E-state index in [0.29, 0.717) is 25.3 Å². The topological polar surface area (TPSA) is 102 Å². The number of nitrogens with zero attached hydrogens (tertiary/aromatic N) is 3. The van der Waals surface area contributed by atoms with Crippen molar-refractivity contribution >= 4 is 23.4 Å². The number of hydrogen-bond donors (Lipinski definition) is 0. The van der Waals surface area contributed by atoms with E-state index in [4.69, 9.17) is 4.74 Å². The number of carbonyl (C=O) groups excluding carboxylic acids is 2. The SMILES string of the molecule is COC(=O)c1ccc(N2CCN(C(=O)OC(C)(C)C)C[C@H]2C)c([N+](=O)[O-])c1. The number of rotatable bonds is 3. The first-order chi connectivity index (χ1) is 12.5. The van der Waals surface area contributed by atoms with Gasteiger partial charge < -0.3 is 19.3 Å². The normalized spacial score (nSPS) is 17.4. The minimum Gasteiger partial charge on any atom is -0.465 e. The average molecular weight is 379 g/mol. The zero-order valence-corrected chi connectivity index (χ0v) is 16.2. The van der Waals surface area contributed by atoms with Crippen LogP contribution in [0.5, 0.6) is 0 Å². The van der Waals surface area contributed by atoms with Crippen LogP contribution in [0.1, 0.15) is 38.1 Å². The number of esters is 1. The predicted octanol–water partition coefficient (Wildman–Crippen LogP) is 2.83. The van der Waals surface area contributed by atoms with Gasteiger partial charge in [-0.1, -0.05) is 0 Å². The minimum atomic E-state index is -0.632. The highest BCUT2D eigenvalue weighted by atomic mass is 16.6. The maximum absolute atomic E-state index is 12.3. The molecule has 0 aliphatic carbocycles. The van der Waals surface area contributed by atoms with Gasteiger partial charge in [-0.3, -0.25) is 10.1 Å². The van der Waals surface area contributed by atoms with Crippen molar-refractivity contribution in [3.63, 3.8) is 0 Å². The molecule has 1 fully saturated rings. The molecule has 0 aromatic heterocycles. The van der Waals surface area contributed by atoms with E-state index in [9.17, 15) is 19.7 Å². The summed E-state index contributed by atoms with van der Waals surface area (Å²) in [5, 5.41) is 11.5. The number of benzene rings is 1. The molecule has 9 heteroatoms. The Hall–Kier alpha value is -2.84. The summed E-state index contributed by atoms with van der Waals surface area (Å²) in [6.45, 7) is 8.47. The van der Waals surface area contributed by atoms with Gasteiger partial charge in [0.1, 0.15) is 11.3 Å². The van der Waals surface area contributed by atoms with Gasteiger partial charge in [-0.05, 0) is 39.8 Å². The van der Waals surface area contributed by atoms with Crippen LogP contribution in [0.2, 0.25) is 0 Å². The quantitative estimate of drug-likeness (QED) is 0.452. The van der Waals surface area contributed by atoms with Crippen LogP contribution < -0.4 is 4.90 Å². The smallest absolute Gasteiger partial charge is 0.410 e. The van der Waals surface area contributed by atoms with Gasteiger partial charge in [-0.25, -0.2) is 9.59 Å². The number of amides is 1. The molecule has 27 heavy (non-hydrogen) atoms. The van der Waals surface area contributed by atoms with Gasteiger partial charge in [0.15, 0.2) is 0 Å². The van der Waals surface area contributed by atoms with Crippen molar-refractivity contribution in [1.82, 2.24) is 4.90 Å². The summed E-state index contributed by atoms with van der Waals surface area (Å²) in [7, 11) is 1.22. The maximum atomic E-state index is 12.3. The molecule has 1 heterocycles. The molecule has 0 spiro atoms. The summed E-state index contributed by atoms with van der Waals surface area (Å²) in [6, 6.07) is 4.10. The third kappa shape index (κ3) is 4.87. The fourth-order valence-electron chi connectivity index (χ4n) is 2.97. The Kier molecular flexibility index (Phi) is 5.92. The Morgan fingerprint density at radius 2 is 1.93 bits per heavy atom. The summed E-state index contributed by atoms with van der Waals surface area (Å²) in [5.74, 6) is -0.632. The molecule has 1 aromatic rings. The van der Waals surface area contributed by atoms with E-state index in [1.54, 1.807) is 31.7 Å². The summed E-state index contributed by atoms with van der Waals surface area (Å²) < 4.78 is 10.0. The van der Waals surface area contributed by atoms with Crippen molar-refractivity contribution in [2.45, 2.75) is 39.3 Å². The number of piperazine rings is 1. The van der Waals surface area contributed by atoms with Crippen LogP contribution in [-0.2, 0) is 9.47 Å². The van der Waals surface area contributed by atoms with Crippen molar-refractivity contribution < 1.29 is 24.0 Å². The standard InChI is InChI=1S/C18H25N3O6/c1-12-11-19(17(23)27-18(2,3)4)8-9-20(12)14-7-6-13(16(22)26-5)10-15(14)21(24)25/h6-7,10,12H,8-9,11H2,1-5H3/t12-/m1/s1. The lowest BCUT2D eigenvalue weighted by atomic mass is 10.1. The zero-order chi connectivity index (χ0) is 20.4. The Labute approximate surface area is 158 Å². The molecule has 0 N–H and O–H groups in total. The molecule has 0 unspecified atom stereocenters. The lowest BCUT2D eigenvalue weighted by Crippen LogP contribution is -2.54. The van der Waals surface area contributed by atoms with E-state index < -0.39 is 22.6 Å². The number of hydrogen-bond acceptors (Lipinski definition) is 7. The van der Waals surface area contributed by atoms with Crippen LogP contribution in [-0.4, -0.2) is 60.3 Å². The molecule has 9 nitrogen and oxygen atoms in total. The van der Waals surface area contributed by atoms with Gasteiger partial charge >= 0.3 is 12.1 Å². The van der Waals surface area contributed by atoms with Crippen molar-refractivity contribution in [1.29, 1.82) is 0 Å². The van der Waals surface area contributed by atoms with E-state index in [1.807, 2.05) is 11.8 Å². The summed E-state index contributed by atoms with van der Waals surface area (Å²) in [5.41, 5.74) is -0.229. The first kappa shape index (κ1) is 20.5. The third-order valence-electron chi connectivity index (χ3n) is 4.18. The second kappa shape index (κ2) is 7.81. The first-order valence-corrected chi connectivity index (χ1v) is 8.65. The molecule has 1 aliphatic rings. The molecule has 1 saturated heterocycles. The Morgan fingerprint density at radius 3 is 2.44 bits per heavy atom. The van der Waals surface area contributed by atoms with E-state index in [0.717, 1.165) is 0 Å². The molecule has 0 radical (unpaired) electrons. The molecule has 1 amide bonds. The number of carbonyl (C=O) groups is 2. The molecule has 1 aliphatic heterocycles. The molecular formula is C18H25N3O6. The van der Waals surface area contributed by atoms with Crippen molar-refractivity contribution in [3.05, 3.63) is 33.9 Å². The number of nitro benzene ring substituents is 1. The summed E-state index contributed by atoms with van der Waals surface area (Å²) >= 11 is 0. The molecule has 148 valence electrons. The van der Waals surface area contributed by atoms with Gasteiger partial charge in [0, 0.05) is 31.7 Å². The lowest BCUT2D eigenvalue weighted by molar-refractivity contribution is -0.384. The number of ether oxygens (including phenoxy) is 2. The van der Waals surface area contributed by atoms with Crippen molar-refractivity contribution in [2.24, 2.45) is 0 Å². The molecule has 1 aromatic carbocycles. The van der Waals surface area contributed by atoms with Crippen molar-refractivity contribution in [2.75, 3.05) is 31.6 Å². The van der Waals surface area contributed by atoms with Crippen LogP contribution in [0.3, 0.4) is 0 Å². The predicted molar refractivity (Wildman–Crippen MR) is 99.1 cm³/mol. The molecule has 2 rings (SSSR count). The third-order valence-corrected chi connectivity index (χ3v) is 4.18. The number of nitro groups is 1. The van der Waals surface area contributed by atoms with Crippen LogP contribution >= 0.6 is 0 Å². The van der Waals surface area contributed by atoms with Crippen LogP contribution in [0.4, 0.5) is 16.2 Å². The van der Waals surface area contributed by atoms with Crippen LogP contribution in [0.15, 0.2) is 18.2 Å². The van der Waals surface area contributed by atoms with Crippen LogP contribution in [0, 0.1) is 10.1 Å². The van der Waals surface area contributed by atoms with E-state index in [-0.39, 0.29) is 17.3 Å². The Bertz CT molecular complexity index is 743. The average Bonchev–Trinajstić information content (AvgIpc) is 2.59. The van der Waals surface area contributed by atoms with E-state index in [1.165, 1.54) is 19.2 Å². The molecule has 0 bridgehead atoms. The maximum Gasteiger partial charge on any atom is 0.410 e. The van der Waals surface area contributed by atoms with Crippen LogP contribution in [0.25, 0.3) is 0 Å². The highest BCUT2D eigenvalue weighted by Crippen LogP contribution is 2.32. The highest BCUT2D eigenvalue weighted by molar-refractivity contribution is 5.91. The zero-order valence-electron chi connectivity index (χ0n) is 16.2. The fourth-order valence-corrected chi connectivity index (χ4v) is 2.97. The largest absolute Gasteiger partial charge is 0.465 e. The lowest BCUT2D eigenvalue weighted by Gasteiger charge is -2.41. The van der Waals surface area contributed by atoms with E-state index in [2.05, 4.69) is 4.74 Å². The van der Waals surface area contributed by atoms with Gasteiger partial charge in [0.2, 0.25) is 0 Å². The monoisotopic (exact) mass is 379 g/mol. The fraction of sp³-hybridized carbons (Fsp3) is 0.556. The molecule has 0 saturated carbocycles.